The van der Waals surface area contributed by atoms with Gasteiger partial charge in [-0.15, -0.1) is 0 Å². The fourth-order valence-electron chi connectivity index (χ4n) is 2.27. The molecule has 0 aromatic heterocycles. The van der Waals surface area contributed by atoms with Gasteiger partial charge in [-0.05, 0) is 48.9 Å². The largest absolute Gasteiger partial charge is 0.319 e. The third kappa shape index (κ3) is 4.05. The molecule has 2 rings (SSSR count). The number of hydrogen-bond acceptors (Lipinski definition) is 1. The fraction of sp³-hybridized carbons (Fsp3) is 0.250. The molecule has 0 fully saturated rings. The third-order valence-electron chi connectivity index (χ3n) is 3.25. The molecule has 4 heteroatoms. The first-order valence-corrected chi connectivity index (χ1v) is 7.61. The second-order valence-corrected chi connectivity index (χ2v) is 6.10. The Hall–Kier alpha value is -0.900. The molecule has 0 bridgehead atoms. The van der Waals surface area contributed by atoms with Crippen LogP contribution in [0.15, 0.2) is 46.9 Å². The summed E-state index contributed by atoms with van der Waals surface area (Å²) in [5, 5.41) is 3.60. The van der Waals surface area contributed by atoms with Gasteiger partial charge in [-0.25, -0.2) is 4.39 Å². The highest BCUT2D eigenvalue weighted by atomic mass is 79.9. The molecule has 1 N–H and O–H groups in total. The SMILES string of the molecule is CNCC(Cc1ccc(Cl)cc1F)c1cccc(Br)c1. The zero-order valence-corrected chi connectivity index (χ0v) is 13.5. The maximum Gasteiger partial charge on any atom is 0.127 e. The van der Waals surface area contributed by atoms with Crippen molar-refractivity contribution < 1.29 is 4.39 Å². The van der Waals surface area contributed by atoms with Crippen molar-refractivity contribution in [3.05, 3.63) is 68.9 Å². The van der Waals surface area contributed by atoms with E-state index in [2.05, 4.69) is 33.4 Å². The molecule has 0 radical (unpaired) electrons. The monoisotopic (exact) mass is 355 g/mol. The maximum absolute atomic E-state index is 13.9. The van der Waals surface area contributed by atoms with Gasteiger partial charge in [0.1, 0.15) is 5.82 Å². The van der Waals surface area contributed by atoms with Gasteiger partial charge in [0.25, 0.3) is 0 Å². The first kappa shape index (κ1) is 15.5. The van der Waals surface area contributed by atoms with Gasteiger partial charge < -0.3 is 5.32 Å². The lowest BCUT2D eigenvalue weighted by Gasteiger charge is -2.18. The highest BCUT2D eigenvalue weighted by molar-refractivity contribution is 9.10. The Morgan fingerprint density at radius 1 is 1.25 bits per heavy atom. The standard InChI is InChI=1S/C16H16BrClFN/c1-20-10-13(11-3-2-4-14(17)8-11)7-12-5-6-15(18)9-16(12)19/h2-6,8-9,13,20H,7,10H2,1H3. The molecule has 2 aromatic carbocycles. The van der Waals surface area contributed by atoms with Crippen molar-refractivity contribution in [2.24, 2.45) is 0 Å². The molecule has 0 saturated carbocycles. The zero-order valence-electron chi connectivity index (χ0n) is 11.2. The Morgan fingerprint density at radius 2 is 2.05 bits per heavy atom. The van der Waals surface area contributed by atoms with Crippen LogP contribution in [0.1, 0.15) is 17.0 Å². The van der Waals surface area contributed by atoms with Crippen LogP contribution in [0.4, 0.5) is 4.39 Å². The molecule has 0 spiro atoms. The smallest absolute Gasteiger partial charge is 0.127 e. The molecule has 0 aliphatic heterocycles. The van der Waals surface area contributed by atoms with E-state index in [9.17, 15) is 4.39 Å². The quantitative estimate of drug-likeness (QED) is 0.812. The average Bonchev–Trinajstić information content (AvgIpc) is 2.41. The lowest BCUT2D eigenvalue weighted by molar-refractivity contribution is 0.574. The summed E-state index contributed by atoms with van der Waals surface area (Å²) >= 11 is 9.27. The summed E-state index contributed by atoms with van der Waals surface area (Å²) in [7, 11) is 1.91. The van der Waals surface area contributed by atoms with Crippen LogP contribution in [0.25, 0.3) is 0 Å². The molecule has 0 amide bonds. The molecule has 1 nitrogen and oxygen atoms in total. The number of halogens is 3. The zero-order chi connectivity index (χ0) is 14.5. The third-order valence-corrected chi connectivity index (χ3v) is 3.98. The molecule has 106 valence electrons. The topological polar surface area (TPSA) is 12.0 Å². The highest BCUT2D eigenvalue weighted by Crippen LogP contribution is 2.25. The van der Waals surface area contributed by atoms with Crippen molar-refractivity contribution in [3.8, 4) is 0 Å². The summed E-state index contributed by atoms with van der Waals surface area (Å²) in [6, 6.07) is 13.0. The molecule has 1 unspecified atom stereocenters. The minimum Gasteiger partial charge on any atom is -0.319 e. The predicted octanol–water partition coefficient (Wildman–Crippen LogP) is 4.79. The van der Waals surface area contributed by atoms with E-state index in [0.717, 1.165) is 11.0 Å². The van der Waals surface area contributed by atoms with Crippen molar-refractivity contribution >= 4 is 27.5 Å². The first-order valence-electron chi connectivity index (χ1n) is 6.44. The Kier molecular flexibility index (Phi) is 5.58. The van der Waals surface area contributed by atoms with Crippen LogP contribution in [-0.4, -0.2) is 13.6 Å². The summed E-state index contributed by atoms with van der Waals surface area (Å²) < 4.78 is 15.0. The minimum atomic E-state index is -0.242. The average molecular weight is 357 g/mol. The minimum absolute atomic E-state index is 0.216. The van der Waals surface area contributed by atoms with E-state index in [4.69, 9.17) is 11.6 Å². The van der Waals surface area contributed by atoms with Crippen molar-refractivity contribution in [2.75, 3.05) is 13.6 Å². The molecule has 1 atom stereocenters. The Bertz CT molecular complexity index is 588. The molecule has 0 heterocycles. The number of rotatable bonds is 5. The molecule has 0 aliphatic carbocycles. The highest BCUT2D eigenvalue weighted by Gasteiger charge is 2.14. The van der Waals surface area contributed by atoms with Gasteiger partial charge >= 0.3 is 0 Å². The fourth-order valence-corrected chi connectivity index (χ4v) is 2.84. The number of likely N-dealkylation sites (N-methyl/N-ethyl adjacent to an activating group) is 1. The second kappa shape index (κ2) is 7.21. The van der Waals surface area contributed by atoms with Gasteiger partial charge in [0.2, 0.25) is 0 Å². The van der Waals surface area contributed by atoms with Crippen LogP contribution in [0, 0.1) is 5.82 Å². The second-order valence-electron chi connectivity index (χ2n) is 4.75. The van der Waals surface area contributed by atoms with E-state index in [1.807, 2.05) is 19.2 Å². The van der Waals surface area contributed by atoms with E-state index in [-0.39, 0.29) is 11.7 Å². The molecular weight excluding hydrogens is 341 g/mol. The van der Waals surface area contributed by atoms with Gasteiger partial charge in [0.15, 0.2) is 0 Å². The summed E-state index contributed by atoms with van der Waals surface area (Å²) in [4.78, 5) is 0. The lowest BCUT2D eigenvalue weighted by Crippen LogP contribution is -2.19. The molecule has 20 heavy (non-hydrogen) atoms. The molecular formula is C16H16BrClFN. The maximum atomic E-state index is 13.9. The van der Waals surface area contributed by atoms with Gasteiger partial charge in [-0.2, -0.15) is 0 Å². The van der Waals surface area contributed by atoms with Crippen LogP contribution in [-0.2, 0) is 6.42 Å². The van der Waals surface area contributed by atoms with Crippen molar-refractivity contribution in [2.45, 2.75) is 12.3 Å². The first-order chi connectivity index (χ1) is 9.60. The van der Waals surface area contributed by atoms with Crippen LogP contribution < -0.4 is 5.32 Å². The Morgan fingerprint density at radius 3 is 2.70 bits per heavy atom. The van der Waals surface area contributed by atoms with Crippen molar-refractivity contribution in [1.82, 2.24) is 5.32 Å². The van der Waals surface area contributed by atoms with E-state index in [1.54, 1.807) is 12.1 Å². The van der Waals surface area contributed by atoms with E-state index in [1.165, 1.54) is 11.6 Å². The lowest BCUT2D eigenvalue weighted by atomic mass is 9.91. The summed E-state index contributed by atoms with van der Waals surface area (Å²) in [6.07, 6.45) is 0.639. The predicted molar refractivity (Wildman–Crippen MR) is 85.9 cm³/mol. The van der Waals surface area contributed by atoms with E-state index >= 15 is 0 Å². The number of benzene rings is 2. The van der Waals surface area contributed by atoms with Gasteiger partial charge in [-0.3, -0.25) is 0 Å². The molecule has 0 saturated heterocycles. The summed E-state index contributed by atoms with van der Waals surface area (Å²) in [5.41, 5.74) is 1.87. The van der Waals surface area contributed by atoms with Gasteiger partial charge in [0, 0.05) is 22.0 Å². The molecule has 2 aromatic rings. The van der Waals surface area contributed by atoms with Gasteiger partial charge in [0.05, 0.1) is 0 Å². The summed E-state index contributed by atoms with van der Waals surface area (Å²) in [5.74, 6) is -0.0261. The van der Waals surface area contributed by atoms with Crippen LogP contribution in [0.3, 0.4) is 0 Å². The van der Waals surface area contributed by atoms with Crippen LogP contribution >= 0.6 is 27.5 Å². The van der Waals surface area contributed by atoms with Crippen molar-refractivity contribution in [1.29, 1.82) is 0 Å². The molecule has 0 aliphatic rings. The number of nitrogens with one attached hydrogen (secondary N) is 1. The summed E-state index contributed by atoms with van der Waals surface area (Å²) in [6.45, 7) is 0.790. The number of hydrogen-bond donors (Lipinski definition) is 1. The Labute approximate surface area is 132 Å². The normalized spacial score (nSPS) is 12.4. The van der Waals surface area contributed by atoms with Crippen molar-refractivity contribution in [3.63, 3.8) is 0 Å². The van der Waals surface area contributed by atoms with E-state index in [0.29, 0.717) is 17.0 Å². The van der Waals surface area contributed by atoms with Crippen LogP contribution in [0.2, 0.25) is 5.02 Å². The van der Waals surface area contributed by atoms with Gasteiger partial charge in [-0.1, -0.05) is 45.7 Å². The van der Waals surface area contributed by atoms with Crippen LogP contribution in [0.5, 0.6) is 0 Å². The Balaban J connectivity index is 2.25. The van der Waals surface area contributed by atoms with E-state index < -0.39 is 0 Å².